The summed E-state index contributed by atoms with van der Waals surface area (Å²) in [5.74, 6) is 1.80. The van der Waals surface area contributed by atoms with Gasteiger partial charge in [0.1, 0.15) is 30.7 Å². The number of aliphatic hydroxyl groups is 3. The van der Waals surface area contributed by atoms with Gasteiger partial charge in [-0.2, -0.15) is 5.01 Å². The third kappa shape index (κ3) is 6.51. The molecule has 5 N–H and O–H groups in total. The van der Waals surface area contributed by atoms with E-state index in [2.05, 4.69) is 21.5 Å². The highest BCUT2D eigenvalue weighted by Gasteiger charge is 2.48. The highest BCUT2D eigenvalue weighted by atomic mass is 16.7. The van der Waals surface area contributed by atoms with E-state index in [9.17, 15) is 24.9 Å². The number of aliphatic hydroxyl groups excluding tert-OH is 3. The van der Waals surface area contributed by atoms with Gasteiger partial charge in [0.05, 0.1) is 0 Å². The fourth-order valence-corrected chi connectivity index (χ4v) is 3.72. The van der Waals surface area contributed by atoms with Crippen LogP contribution < -0.4 is 10.2 Å². The van der Waals surface area contributed by atoms with Gasteiger partial charge in [-0.1, -0.05) is 42.5 Å². The third-order valence-corrected chi connectivity index (χ3v) is 5.81. The highest BCUT2D eigenvalue weighted by Crippen LogP contribution is 2.25. The molecule has 0 spiro atoms. The lowest BCUT2D eigenvalue weighted by Gasteiger charge is -2.38. The number of amides is 1. The van der Waals surface area contributed by atoms with E-state index in [1.807, 2.05) is 30.3 Å². The topological polar surface area (TPSA) is 183 Å². The molecule has 13 heteroatoms. The van der Waals surface area contributed by atoms with Gasteiger partial charge in [-0.15, -0.1) is 22.5 Å². The van der Waals surface area contributed by atoms with Gasteiger partial charge >= 0.3 is 12.1 Å². The first-order valence-electron chi connectivity index (χ1n) is 11.8. The average molecular weight is 539 g/mol. The third-order valence-electron chi connectivity index (χ3n) is 5.81. The molecule has 0 radical (unpaired) electrons. The number of nitrogens with zero attached hydrogens (tertiary/aromatic N) is 3. The maximum absolute atomic E-state index is 12.9. The van der Waals surface area contributed by atoms with Crippen LogP contribution in [-0.4, -0.2) is 79.9 Å². The number of nitrogens with one attached hydrogen (secondary N) is 1. The molecule has 4 rings (SSSR count). The Labute approximate surface area is 222 Å². The maximum Gasteiger partial charge on any atom is 0.435 e. The first-order valence-corrected chi connectivity index (χ1v) is 11.8. The first-order chi connectivity index (χ1) is 18.8. The fourth-order valence-electron chi connectivity index (χ4n) is 3.72. The summed E-state index contributed by atoms with van der Waals surface area (Å²) in [7, 11) is 0. The Morgan fingerprint density at radius 3 is 2.41 bits per heavy atom. The normalized spacial score (nSPS) is 24.5. The molecular formula is C26H26N4O9. The molecule has 2 aliphatic rings. The van der Waals surface area contributed by atoms with Crippen molar-refractivity contribution in [3.8, 4) is 18.1 Å². The van der Waals surface area contributed by atoms with E-state index in [0.29, 0.717) is 30.1 Å². The smallest absolute Gasteiger partial charge is 0.435 e. The van der Waals surface area contributed by atoms with E-state index in [4.69, 9.17) is 25.7 Å². The van der Waals surface area contributed by atoms with Gasteiger partial charge < -0.3 is 34.6 Å². The molecule has 0 saturated carbocycles. The van der Waals surface area contributed by atoms with Crippen LogP contribution in [-0.2, 0) is 20.9 Å². The summed E-state index contributed by atoms with van der Waals surface area (Å²) < 4.78 is 16.0. The molecule has 1 saturated heterocycles. The standard InChI is InChI=1S/C26H26N4O9/c1-2-3-9-18-27-28-23(16-7-5-4-6-8-16)29-30(18)26(36)37-14-15-10-12-17(13-11-15)38-25-21(33)19(31)20(32)22(39-25)24(34)35/h1,4-8,10-13,19-22,25,31-33H,3,9,14H2,(H,28,29)(H,34,35). The molecule has 1 fully saturated rings. The Bertz CT molecular complexity index is 1280. The summed E-state index contributed by atoms with van der Waals surface area (Å²) in [4.78, 5) is 24.2. The second-order valence-electron chi connectivity index (χ2n) is 8.53. The number of benzene rings is 2. The van der Waals surface area contributed by atoms with Crippen LogP contribution in [0.5, 0.6) is 5.75 Å². The molecule has 0 aliphatic carbocycles. The van der Waals surface area contributed by atoms with Gasteiger partial charge in [-0.05, 0) is 17.7 Å². The predicted octanol–water partition coefficient (Wildman–Crippen LogP) is 0.588. The molecule has 2 aromatic rings. The van der Waals surface area contributed by atoms with Gasteiger partial charge in [-0.25, -0.2) is 9.59 Å². The first kappa shape index (κ1) is 27.6. The number of hydrogen-bond donors (Lipinski definition) is 5. The Hall–Kier alpha value is -4.48. The number of carboxylic acid groups (broad SMARTS) is 1. The number of amidine groups is 2. The number of hydrogen-bond acceptors (Lipinski definition) is 11. The Morgan fingerprint density at radius 2 is 1.74 bits per heavy atom. The summed E-state index contributed by atoms with van der Waals surface area (Å²) in [6.07, 6.45) is -3.37. The molecule has 0 aromatic heterocycles. The van der Waals surface area contributed by atoms with E-state index >= 15 is 0 Å². The average Bonchev–Trinajstić information content (AvgIpc) is 2.96. The molecule has 2 heterocycles. The van der Waals surface area contributed by atoms with Crippen molar-refractivity contribution in [1.29, 1.82) is 0 Å². The maximum atomic E-state index is 12.9. The van der Waals surface area contributed by atoms with Crippen molar-refractivity contribution in [3.05, 3.63) is 65.7 Å². The van der Waals surface area contributed by atoms with Crippen molar-refractivity contribution in [1.82, 2.24) is 10.4 Å². The van der Waals surface area contributed by atoms with Crippen molar-refractivity contribution in [3.63, 3.8) is 0 Å². The summed E-state index contributed by atoms with van der Waals surface area (Å²) >= 11 is 0. The van der Waals surface area contributed by atoms with Crippen LogP contribution in [0, 0.1) is 12.3 Å². The van der Waals surface area contributed by atoms with Crippen LogP contribution in [0.4, 0.5) is 4.79 Å². The number of ether oxygens (including phenoxy) is 3. The summed E-state index contributed by atoms with van der Waals surface area (Å²) in [6.45, 7) is -0.119. The van der Waals surface area contributed by atoms with E-state index in [-0.39, 0.29) is 12.4 Å². The number of carbonyl (C=O) groups is 2. The Kier molecular flexibility index (Phi) is 8.74. The lowest BCUT2D eigenvalue weighted by Crippen LogP contribution is -2.61. The predicted molar refractivity (Wildman–Crippen MR) is 135 cm³/mol. The van der Waals surface area contributed by atoms with Crippen molar-refractivity contribution in [2.24, 2.45) is 10.2 Å². The summed E-state index contributed by atoms with van der Waals surface area (Å²) in [5, 5.41) is 48.4. The monoisotopic (exact) mass is 538 g/mol. The lowest BCUT2D eigenvalue weighted by molar-refractivity contribution is -0.271. The van der Waals surface area contributed by atoms with Crippen LogP contribution in [0.15, 0.2) is 64.8 Å². The largest absolute Gasteiger partial charge is 0.479 e. The Morgan fingerprint density at radius 1 is 1.03 bits per heavy atom. The van der Waals surface area contributed by atoms with Crippen LogP contribution >= 0.6 is 0 Å². The number of carboxylic acids is 1. The summed E-state index contributed by atoms with van der Waals surface area (Å²) in [5.41, 5.74) is 4.21. The minimum atomic E-state index is -1.82. The zero-order valence-corrected chi connectivity index (χ0v) is 20.5. The minimum Gasteiger partial charge on any atom is -0.479 e. The van der Waals surface area contributed by atoms with Crippen LogP contribution in [0.1, 0.15) is 24.0 Å². The van der Waals surface area contributed by atoms with E-state index in [1.165, 1.54) is 12.1 Å². The number of carbonyl (C=O) groups excluding carboxylic acids is 1. The van der Waals surface area contributed by atoms with Gasteiger partial charge in [0.25, 0.3) is 0 Å². The quantitative estimate of drug-likeness (QED) is 0.298. The van der Waals surface area contributed by atoms with Crippen molar-refractivity contribution >= 4 is 23.7 Å². The van der Waals surface area contributed by atoms with Crippen molar-refractivity contribution in [2.75, 3.05) is 0 Å². The van der Waals surface area contributed by atoms with Crippen LogP contribution in [0.2, 0.25) is 0 Å². The number of terminal acetylenes is 1. The SMILES string of the molecule is C#CCCC1=NN=C(c2ccccc2)NN1C(=O)OCc1ccc(OC2OC(C(=O)O)C(O)C(O)C2O)cc1. The molecule has 5 unspecified atom stereocenters. The number of hydrazine groups is 1. The van der Waals surface area contributed by atoms with Crippen LogP contribution in [0.25, 0.3) is 0 Å². The zero-order valence-electron chi connectivity index (χ0n) is 20.5. The zero-order chi connectivity index (χ0) is 27.9. The number of rotatable bonds is 8. The van der Waals surface area contributed by atoms with E-state index in [1.54, 1.807) is 12.1 Å². The van der Waals surface area contributed by atoms with Crippen molar-refractivity contribution < 1.29 is 44.2 Å². The van der Waals surface area contributed by atoms with Gasteiger partial charge in [0.2, 0.25) is 6.29 Å². The molecule has 204 valence electrons. The van der Waals surface area contributed by atoms with Gasteiger partial charge in [-0.3, -0.25) is 5.43 Å². The molecule has 2 aliphatic heterocycles. The molecule has 0 bridgehead atoms. The molecule has 1 amide bonds. The van der Waals surface area contributed by atoms with Crippen molar-refractivity contribution in [2.45, 2.75) is 50.2 Å². The van der Waals surface area contributed by atoms with E-state index in [0.717, 1.165) is 10.6 Å². The summed E-state index contributed by atoms with van der Waals surface area (Å²) in [6, 6.07) is 15.2. The Balaban J connectivity index is 1.37. The second kappa shape index (κ2) is 12.4. The van der Waals surface area contributed by atoms with Gasteiger partial charge in [0, 0.05) is 18.4 Å². The van der Waals surface area contributed by atoms with Gasteiger partial charge in [0.15, 0.2) is 17.8 Å². The fraction of sp³-hybridized carbons (Fsp3) is 0.308. The molecule has 5 atom stereocenters. The second-order valence-corrected chi connectivity index (χ2v) is 8.53. The molecule has 2 aromatic carbocycles. The minimum absolute atomic E-state index is 0.119. The number of aliphatic carboxylic acids is 1. The van der Waals surface area contributed by atoms with E-state index < -0.39 is 42.8 Å². The molecule has 13 nitrogen and oxygen atoms in total. The lowest BCUT2D eigenvalue weighted by atomic mass is 9.99. The van der Waals surface area contributed by atoms with Crippen LogP contribution in [0.3, 0.4) is 0 Å². The highest BCUT2D eigenvalue weighted by molar-refractivity contribution is 6.05. The molecular weight excluding hydrogens is 512 g/mol. The molecule has 39 heavy (non-hydrogen) atoms.